The molecule has 1 amide bonds. The van der Waals surface area contributed by atoms with Gasteiger partial charge in [-0.15, -0.1) is 0 Å². The van der Waals surface area contributed by atoms with Crippen molar-refractivity contribution >= 4 is 5.91 Å². The Bertz CT molecular complexity index is 530. The summed E-state index contributed by atoms with van der Waals surface area (Å²) in [5.41, 5.74) is -0.126. The average molecular weight is 314 g/mol. The van der Waals surface area contributed by atoms with E-state index in [0.29, 0.717) is 18.5 Å². The van der Waals surface area contributed by atoms with Gasteiger partial charge in [-0.1, -0.05) is 25.1 Å². The van der Waals surface area contributed by atoms with Crippen LogP contribution in [-0.4, -0.2) is 36.5 Å². The number of nitrogens with zero attached hydrogens (tertiary/aromatic N) is 1. The van der Waals surface area contributed by atoms with Crippen LogP contribution in [0, 0.1) is 5.92 Å². The van der Waals surface area contributed by atoms with E-state index in [9.17, 15) is 18.0 Å². The zero-order valence-electron chi connectivity index (χ0n) is 12.8. The van der Waals surface area contributed by atoms with Crippen molar-refractivity contribution in [1.29, 1.82) is 0 Å². The first kappa shape index (κ1) is 16.8. The van der Waals surface area contributed by atoms with Crippen LogP contribution in [0.2, 0.25) is 0 Å². The first-order valence-corrected chi connectivity index (χ1v) is 7.46. The Labute approximate surface area is 128 Å². The third kappa shape index (κ3) is 4.00. The third-order valence-electron chi connectivity index (χ3n) is 4.00. The maximum absolute atomic E-state index is 12.7. The molecule has 1 aromatic rings. The number of benzene rings is 1. The van der Waals surface area contributed by atoms with Crippen LogP contribution in [0.3, 0.4) is 0 Å². The normalized spacial score (nSPS) is 20.8. The molecule has 6 heteroatoms. The summed E-state index contributed by atoms with van der Waals surface area (Å²) >= 11 is 0. The van der Waals surface area contributed by atoms with Crippen molar-refractivity contribution in [3.63, 3.8) is 0 Å². The molecular weight excluding hydrogens is 293 g/mol. The molecule has 0 aromatic heterocycles. The second kappa shape index (κ2) is 6.69. The first-order valence-electron chi connectivity index (χ1n) is 7.46. The predicted molar refractivity (Wildman–Crippen MR) is 78.4 cm³/mol. The molecule has 1 aliphatic rings. The van der Waals surface area contributed by atoms with Crippen molar-refractivity contribution in [2.24, 2.45) is 5.92 Å². The van der Waals surface area contributed by atoms with Gasteiger partial charge in [0.15, 0.2) is 0 Å². The van der Waals surface area contributed by atoms with Crippen molar-refractivity contribution in [3.8, 4) is 0 Å². The minimum Gasteiger partial charge on any atom is -0.337 e. The van der Waals surface area contributed by atoms with Crippen molar-refractivity contribution in [1.82, 2.24) is 10.2 Å². The van der Waals surface area contributed by atoms with E-state index >= 15 is 0 Å². The van der Waals surface area contributed by atoms with E-state index in [1.807, 2.05) is 11.8 Å². The summed E-state index contributed by atoms with van der Waals surface area (Å²) in [6.45, 7) is 5.90. The molecule has 0 saturated carbocycles. The highest BCUT2D eigenvalue weighted by Gasteiger charge is 2.31. The van der Waals surface area contributed by atoms with E-state index in [4.69, 9.17) is 0 Å². The molecule has 1 fully saturated rings. The molecule has 3 nitrogen and oxygen atoms in total. The van der Waals surface area contributed by atoms with Gasteiger partial charge in [0.1, 0.15) is 0 Å². The Morgan fingerprint density at radius 1 is 1.45 bits per heavy atom. The Kier molecular flexibility index (Phi) is 5.11. The third-order valence-corrected chi connectivity index (χ3v) is 4.00. The van der Waals surface area contributed by atoms with Gasteiger partial charge in [-0.25, -0.2) is 0 Å². The fourth-order valence-electron chi connectivity index (χ4n) is 2.77. The molecule has 1 unspecified atom stereocenters. The first-order chi connectivity index (χ1) is 10.3. The van der Waals surface area contributed by atoms with Crippen molar-refractivity contribution in [2.45, 2.75) is 32.5 Å². The number of rotatable bonds is 3. The Hall–Kier alpha value is -1.56. The van der Waals surface area contributed by atoms with Gasteiger partial charge in [-0.05, 0) is 25.0 Å². The summed E-state index contributed by atoms with van der Waals surface area (Å²) in [5, 5.41) is 3.21. The van der Waals surface area contributed by atoms with Gasteiger partial charge in [0.25, 0.3) is 0 Å². The minimum atomic E-state index is -4.35. The fraction of sp³-hybridized carbons (Fsp3) is 0.562. The van der Waals surface area contributed by atoms with E-state index in [-0.39, 0.29) is 17.9 Å². The van der Waals surface area contributed by atoms with Gasteiger partial charge in [-0.3, -0.25) is 4.79 Å². The maximum atomic E-state index is 12.7. The van der Waals surface area contributed by atoms with Gasteiger partial charge in [-0.2, -0.15) is 13.2 Å². The monoisotopic (exact) mass is 314 g/mol. The topological polar surface area (TPSA) is 32.3 Å². The molecule has 2 rings (SSSR count). The molecular formula is C16H21F3N2O. The summed E-state index contributed by atoms with van der Waals surface area (Å²) in [7, 11) is 0. The van der Waals surface area contributed by atoms with E-state index < -0.39 is 11.7 Å². The molecule has 122 valence electrons. The number of carbonyl (C=O) groups excluding carboxylic acids is 1. The van der Waals surface area contributed by atoms with Crippen LogP contribution >= 0.6 is 0 Å². The molecule has 1 aliphatic heterocycles. The second-order valence-electron chi connectivity index (χ2n) is 5.89. The van der Waals surface area contributed by atoms with Crippen LogP contribution in [0.15, 0.2) is 24.3 Å². The van der Waals surface area contributed by atoms with Gasteiger partial charge >= 0.3 is 6.18 Å². The van der Waals surface area contributed by atoms with Gasteiger partial charge < -0.3 is 10.2 Å². The number of hydrogen-bond donors (Lipinski definition) is 1. The molecule has 1 saturated heterocycles. The highest BCUT2D eigenvalue weighted by atomic mass is 19.4. The van der Waals surface area contributed by atoms with E-state index in [1.165, 1.54) is 6.07 Å². The molecule has 22 heavy (non-hydrogen) atoms. The Morgan fingerprint density at radius 2 is 2.18 bits per heavy atom. The van der Waals surface area contributed by atoms with Gasteiger partial charge in [0.05, 0.1) is 5.56 Å². The summed E-state index contributed by atoms with van der Waals surface area (Å²) in [4.78, 5) is 14.3. The summed E-state index contributed by atoms with van der Waals surface area (Å²) < 4.78 is 38.2. The molecule has 0 bridgehead atoms. The average Bonchev–Trinajstić information content (AvgIpc) is 2.46. The number of alkyl halides is 3. The number of carbonyl (C=O) groups is 1. The van der Waals surface area contributed by atoms with E-state index in [2.05, 4.69) is 5.32 Å². The standard InChI is InChI=1S/C16H21F3N2O/c1-11(15(22)21-7-6-20-10-12(21)2)8-13-4-3-5-14(9-13)16(17,18)19/h3-5,9,11-12,20H,6-8,10H2,1-2H3/t11?,12-/m0/s1. The quantitative estimate of drug-likeness (QED) is 0.930. The van der Waals surface area contributed by atoms with Crippen LogP contribution in [-0.2, 0) is 17.4 Å². The fourth-order valence-corrected chi connectivity index (χ4v) is 2.77. The molecule has 1 heterocycles. The number of halogens is 3. The zero-order chi connectivity index (χ0) is 16.3. The van der Waals surface area contributed by atoms with Crippen molar-refractivity contribution in [3.05, 3.63) is 35.4 Å². The highest BCUT2D eigenvalue weighted by Crippen LogP contribution is 2.30. The van der Waals surface area contributed by atoms with E-state index in [0.717, 1.165) is 25.2 Å². The van der Waals surface area contributed by atoms with Gasteiger partial charge in [0.2, 0.25) is 5.91 Å². The lowest BCUT2D eigenvalue weighted by Crippen LogP contribution is -2.53. The van der Waals surface area contributed by atoms with Crippen molar-refractivity contribution in [2.75, 3.05) is 19.6 Å². The zero-order valence-corrected chi connectivity index (χ0v) is 12.8. The number of nitrogens with one attached hydrogen (secondary N) is 1. The maximum Gasteiger partial charge on any atom is 0.416 e. The lowest BCUT2D eigenvalue weighted by atomic mass is 9.97. The van der Waals surface area contributed by atoms with Crippen LogP contribution < -0.4 is 5.32 Å². The minimum absolute atomic E-state index is 0.00594. The largest absolute Gasteiger partial charge is 0.416 e. The second-order valence-corrected chi connectivity index (χ2v) is 5.89. The van der Waals surface area contributed by atoms with E-state index in [1.54, 1.807) is 13.0 Å². The lowest BCUT2D eigenvalue weighted by molar-refractivity contribution is -0.138. The molecule has 2 atom stereocenters. The molecule has 0 spiro atoms. The number of piperazine rings is 1. The summed E-state index contributed by atoms with van der Waals surface area (Å²) in [6.07, 6.45) is -4.03. The Balaban J connectivity index is 2.05. The highest BCUT2D eigenvalue weighted by molar-refractivity contribution is 5.79. The Morgan fingerprint density at radius 3 is 2.82 bits per heavy atom. The van der Waals surface area contributed by atoms with Crippen LogP contribution in [0.25, 0.3) is 0 Å². The number of amides is 1. The smallest absolute Gasteiger partial charge is 0.337 e. The van der Waals surface area contributed by atoms with Crippen LogP contribution in [0.5, 0.6) is 0 Å². The molecule has 1 N–H and O–H groups in total. The van der Waals surface area contributed by atoms with Crippen molar-refractivity contribution < 1.29 is 18.0 Å². The summed E-state index contributed by atoms with van der Waals surface area (Å²) in [6, 6.07) is 5.33. The van der Waals surface area contributed by atoms with Crippen LogP contribution in [0.1, 0.15) is 25.0 Å². The molecule has 1 aromatic carbocycles. The van der Waals surface area contributed by atoms with Crippen LogP contribution in [0.4, 0.5) is 13.2 Å². The SMILES string of the molecule is CC(Cc1cccc(C(F)(F)F)c1)C(=O)N1CCNC[C@@H]1C. The summed E-state index contributed by atoms with van der Waals surface area (Å²) in [5.74, 6) is -0.324. The number of hydrogen-bond acceptors (Lipinski definition) is 2. The lowest BCUT2D eigenvalue weighted by Gasteiger charge is -2.35. The molecule has 0 aliphatic carbocycles. The van der Waals surface area contributed by atoms with Gasteiger partial charge in [0, 0.05) is 31.6 Å². The molecule has 0 radical (unpaired) electrons. The predicted octanol–water partition coefficient (Wildman–Crippen LogP) is 2.70.